The van der Waals surface area contributed by atoms with Gasteiger partial charge in [-0.3, -0.25) is 14.2 Å². The molecule has 2 heterocycles. The lowest BCUT2D eigenvalue weighted by atomic mass is 9.89. The minimum absolute atomic E-state index is 0.00359. The predicted molar refractivity (Wildman–Crippen MR) is 111 cm³/mol. The maximum absolute atomic E-state index is 13.4. The Morgan fingerprint density at radius 2 is 2.04 bits per heavy atom. The van der Waals surface area contributed by atoms with Crippen molar-refractivity contribution in [2.75, 3.05) is 0 Å². The number of aryl methyl sites for hydroxylation is 2. The van der Waals surface area contributed by atoms with E-state index in [9.17, 15) is 9.59 Å². The van der Waals surface area contributed by atoms with Crippen molar-refractivity contribution in [3.05, 3.63) is 50.6 Å². The summed E-state index contributed by atoms with van der Waals surface area (Å²) >= 11 is 1.67. The van der Waals surface area contributed by atoms with Gasteiger partial charge in [0.2, 0.25) is 0 Å². The van der Waals surface area contributed by atoms with E-state index in [1.807, 2.05) is 31.2 Å². The van der Waals surface area contributed by atoms with Crippen molar-refractivity contribution < 1.29 is 4.79 Å². The molecule has 5 heteroatoms. The molecule has 1 atom stereocenters. The summed E-state index contributed by atoms with van der Waals surface area (Å²) in [4.78, 5) is 32.1. The Hall–Kier alpha value is -2.27. The van der Waals surface area contributed by atoms with Gasteiger partial charge in [-0.2, -0.15) is 0 Å². The third kappa shape index (κ3) is 3.36. The van der Waals surface area contributed by atoms with Crippen LogP contribution in [0.1, 0.15) is 42.7 Å². The summed E-state index contributed by atoms with van der Waals surface area (Å²) in [6, 6.07) is 8.07. The first-order chi connectivity index (χ1) is 12.9. The van der Waals surface area contributed by atoms with Gasteiger partial charge in [-0.05, 0) is 44.6 Å². The van der Waals surface area contributed by atoms with Gasteiger partial charge in [0.25, 0.3) is 5.56 Å². The summed E-state index contributed by atoms with van der Waals surface area (Å²) < 4.78 is 1.71. The van der Waals surface area contributed by atoms with E-state index in [0.29, 0.717) is 24.7 Å². The summed E-state index contributed by atoms with van der Waals surface area (Å²) in [6.45, 7) is 6.25. The maximum Gasteiger partial charge on any atom is 0.262 e. The minimum Gasteiger partial charge on any atom is -0.300 e. The van der Waals surface area contributed by atoms with Crippen LogP contribution in [0.25, 0.3) is 21.6 Å². The fraction of sp³-hybridized carbons (Fsp3) is 0.409. The molecule has 0 aliphatic heterocycles. The summed E-state index contributed by atoms with van der Waals surface area (Å²) in [5.74, 6) is 1.40. The fourth-order valence-electron chi connectivity index (χ4n) is 3.82. The Balaban J connectivity index is 1.95. The molecular weight excluding hydrogens is 356 g/mol. The second-order valence-electron chi connectivity index (χ2n) is 7.74. The molecule has 0 saturated heterocycles. The van der Waals surface area contributed by atoms with Crippen LogP contribution in [0.3, 0.4) is 0 Å². The summed E-state index contributed by atoms with van der Waals surface area (Å²) in [5, 5.41) is 0.779. The molecule has 140 valence electrons. The van der Waals surface area contributed by atoms with E-state index >= 15 is 0 Å². The van der Waals surface area contributed by atoms with Gasteiger partial charge < -0.3 is 0 Å². The van der Waals surface area contributed by atoms with Crippen molar-refractivity contribution in [1.82, 2.24) is 9.55 Å². The van der Waals surface area contributed by atoms with Gasteiger partial charge >= 0.3 is 0 Å². The van der Waals surface area contributed by atoms with Crippen molar-refractivity contribution in [2.24, 2.45) is 5.92 Å². The van der Waals surface area contributed by atoms with E-state index in [1.54, 1.807) is 22.8 Å². The normalized spacial score (nSPS) is 16.5. The average Bonchev–Trinajstić information content (AvgIpc) is 2.98. The first-order valence-corrected chi connectivity index (χ1v) is 10.4. The number of nitrogens with zero attached hydrogens (tertiary/aromatic N) is 2. The number of carbonyl (C=O) groups is 1. The van der Waals surface area contributed by atoms with Gasteiger partial charge in [-0.1, -0.05) is 36.8 Å². The number of hydrogen-bond donors (Lipinski definition) is 0. The molecule has 1 aromatic carbocycles. The highest BCUT2D eigenvalue weighted by Crippen LogP contribution is 2.36. The molecule has 1 aliphatic carbocycles. The molecule has 1 aliphatic rings. The molecule has 4 nitrogen and oxygen atoms in total. The lowest BCUT2D eigenvalue weighted by Gasteiger charge is -2.18. The van der Waals surface area contributed by atoms with Crippen LogP contribution >= 0.6 is 11.3 Å². The van der Waals surface area contributed by atoms with Gasteiger partial charge in [-0.15, -0.1) is 11.3 Å². The van der Waals surface area contributed by atoms with Gasteiger partial charge in [0.1, 0.15) is 16.4 Å². The van der Waals surface area contributed by atoms with Crippen molar-refractivity contribution in [3.63, 3.8) is 0 Å². The number of aromatic nitrogens is 2. The van der Waals surface area contributed by atoms with Crippen LogP contribution in [0.4, 0.5) is 0 Å². The molecular formula is C22H24N2O2S. The van der Waals surface area contributed by atoms with Crippen LogP contribution < -0.4 is 5.56 Å². The SMILES string of the molecule is CC(=O)CCn1c(-c2ccc(C)cc2)nc2sc3c(c2c1=O)CCC(C)C3. The number of Topliss-reactive ketones (excluding diaryl/α,β-unsaturated/α-hetero) is 1. The van der Waals surface area contributed by atoms with Crippen molar-refractivity contribution >= 4 is 27.3 Å². The Kier molecular flexibility index (Phi) is 4.72. The van der Waals surface area contributed by atoms with Crippen LogP contribution in [0, 0.1) is 12.8 Å². The number of hydrogen-bond acceptors (Lipinski definition) is 4. The summed E-state index contributed by atoms with van der Waals surface area (Å²) in [6.07, 6.45) is 3.44. The number of fused-ring (bicyclic) bond motifs is 3. The highest BCUT2D eigenvalue weighted by molar-refractivity contribution is 7.18. The van der Waals surface area contributed by atoms with Gasteiger partial charge in [-0.25, -0.2) is 4.98 Å². The Morgan fingerprint density at radius 3 is 2.74 bits per heavy atom. The topological polar surface area (TPSA) is 52.0 Å². The van der Waals surface area contributed by atoms with Gasteiger partial charge in [0.15, 0.2) is 0 Å². The Bertz CT molecular complexity index is 1080. The average molecular weight is 381 g/mol. The zero-order valence-electron chi connectivity index (χ0n) is 16.0. The van der Waals surface area contributed by atoms with Crippen LogP contribution in [0.5, 0.6) is 0 Å². The highest BCUT2D eigenvalue weighted by Gasteiger charge is 2.25. The molecule has 0 amide bonds. The molecule has 27 heavy (non-hydrogen) atoms. The van der Waals surface area contributed by atoms with Crippen LogP contribution in [-0.2, 0) is 24.2 Å². The third-order valence-electron chi connectivity index (χ3n) is 5.41. The molecule has 3 aromatic rings. The molecule has 0 saturated carbocycles. The lowest BCUT2D eigenvalue weighted by Crippen LogP contribution is -2.25. The van der Waals surface area contributed by atoms with E-state index < -0.39 is 0 Å². The second-order valence-corrected chi connectivity index (χ2v) is 8.83. The monoisotopic (exact) mass is 380 g/mol. The standard InChI is InChI=1S/C22H24N2O2S/c1-13-4-7-16(8-5-13)20-23-21-19(22(26)24(20)11-10-15(3)25)17-9-6-14(2)12-18(17)27-21/h4-5,7-8,14H,6,9-12H2,1-3H3. The minimum atomic E-state index is 0.00359. The zero-order valence-corrected chi connectivity index (χ0v) is 16.9. The van der Waals surface area contributed by atoms with E-state index in [1.165, 1.54) is 10.4 Å². The van der Waals surface area contributed by atoms with Gasteiger partial charge in [0, 0.05) is 23.4 Å². The molecule has 1 unspecified atom stereocenters. The van der Waals surface area contributed by atoms with E-state index in [2.05, 4.69) is 6.92 Å². The smallest absolute Gasteiger partial charge is 0.262 e. The molecule has 0 bridgehead atoms. The van der Waals surface area contributed by atoms with Crippen LogP contribution in [0.15, 0.2) is 29.1 Å². The van der Waals surface area contributed by atoms with E-state index in [-0.39, 0.29) is 11.3 Å². The molecule has 0 fully saturated rings. The molecule has 0 radical (unpaired) electrons. The van der Waals surface area contributed by atoms with Gasteiger partial charge in [0.05, 0.1) is 5.39 Å². The largest absolute Gasteiger partial charge is 0.300 e. The van der Waals surface area contributed by atoms with E-state index in [4.69, 9.17) is 4.98 Å². The van der Waals surface area contributed by atoms with E-state index in [0.717, 1.165) is 40.6 Å². The summed E-state index contributed by atoms with van der Waals surface area (Å²) in [5.41, 5.74) is 3.28. The number of benzene rings is 1. The first-order valence-electron chi connectivity index (χ1n) is 9.55. The van der Waals surface area contributed by atoms with Crippen LogP contribution in [0.2, 0.25) is 0 Å². The molecule has 0 spiro atoms. The quantitative estimate of drug-likeness (QED) is 0.668. The predicted octanol–water partition coefficient (Wildman–Crippen LogP) is 4.54. The van der Waals surface area contributed by atoms with Crippen LogP contribution in [-0.4, -0.2) is 15.3 Å². The molecule has 2 aromatic heterocycles. The lowest BCUT2D eigenvalue weighted by molar-refractivity contribution is -0.117. The van der Waals surface area contributed by atoms with Crippen molar-refractivity contribution in [1.29, 1.82) is 0 Å². The number of ketones is 1. The second kappa shape index (κ2) is 7.04. The maximum atomic E-state index is 13.4. The number of carbonyl (C=O) groups excluding carboxylic acids is 1. The Labute approximate surface area is 162 Å². The third-order valence-corrected chi connectivity index (χ3v) is 6.56. The van der Waals surface area contributed by atoms with Crippen molar-refractivity contribution in [3.8, 4) is 11.4 Å². The Morgan fingerprint density at radius 1 is 1.30 bits per heavy atom. The zero-order chi connectivity index (χ0) is 19.1. The molecule has 4 rings (SSSR count). The highest BCUT2D eigenvalue weighted by atomic mass is 32.1. The molecule has 0 N–H and O–H groups in total. The van der Waals surface area contributed by atoms with Crippen molar-refractivity contribution in [2.45, 2.75) is 53.0 Å². The first kappa shape index (κ1) is 18.1. The fourth-order valence-corrected chi connectivity index (χ4v) is 5.20. The number of rotatable bonds is 4. The summed E-state index contributed by atoms with van der Waals surface area (Å²) in [7, 11) is 0. The number of thiophene rings is 1.